The Morgan fingerprint density at radius 2 is 1.77 bits per heavy atom. The van der Waals surface area contributed by atoms with Crippen LogP contribution < -0.4 is 14.2 Å². The Balaban J connectivity index is 1.85. The smallest absolute Gasteiger partial charge is 0.295 e. The number of aliphatic hydroxyl groups excluding tert-OH is 1. The van der Waals surface area contributed by atoms with Gasteiger partial charge in [-0.15, -0.1) is 0 Å². The first kappa shape index (κ1) is 23.8. The molecule has 1 amide bonds. The lowest BCUT2D eigenvalue weighted by Crippen LogP contribution is -2.29. The fourth-order valence-electron chi connectivity index (χ4n) is 4.13. The number of nitrogens with zero attached hydrogens (tertiary/aromatic N) is 2. The van der Waals surface area contributed by atoms with Crippen molar-refractivity contribution in [2.24, 2.45) is 0 Å². The lowest BCUT2D eigenvalue weighted by molar-refractivity contribution is -0.140. The minimum atomic E-state index is -0.846. The standard InChI is InChI=1S/C27H26N2O6/c1-4-35-20-10-7-18(8-11-20)25(30)23-24(19-9-12-21(33-2)22(14-19)34-3)29(27(32)26(23)31)16-17-6-5-13-28-15-17/h5-15,24,30H,4,16H2,1-3H3/t24-/m0/s1. The third-order valence-corrected chi connectivity index (χ3v) is 5.78. The summed E-state index contributed by atoms with van der Waals surface area (Å²) in [4.78, 5) is 32.0. The number of carbonyl (C=O) groups is 2. The molecule has 0 saturated carbocycles. The van der Waals surface area contributed by atoms with Crippen LogP contribution in [0.2, 0.25) is 0 Å². The number of pyridine rings is 1. The summed E-state index contributed by atoms with van der Waals surface area (Å²) in [5.74, 6) is -0.149. The molecule has 8 heteroatoms. The summed E-state index contributed by atoms with van der Waals surface area (Å²) in [6.45, 7) is 2.52. The monoisotopic (exact) mass is 474 g/mol. The molecule has 0 bridgehead atoms. The van der Waals surface area contributed by atoms with E-state index in [2.05, 4.69) is 4.98 Å². The molecule has 0 aliphatic carbocycles. The van der Waals surface area contributed by atoms with Gasteiger partial charge in [-0.3, -0.25) is 14.6 Å². The second-order valence-electron chi connectivity index (χ2n) is 7.86. The molecule has 4 rings (SSSR count). The Labute approximate surface area is 203 Å². The number of likely N-dealkylation sites (tertiary alicyclic amines) is 1. The van der Waals surface area contributed by atoms with E-state index >= 15 is 0 Å². The molecule has 1 aliphatic rings. The maximum Gasteiger partial charge on any atom is 0.295 e. The van der Waals surface area contributed by atoms with Crippen molar-refractivity contribution in [3.8, 4) is 17.2 Å². The highest BCUT2D eigenvalue weighted by molar-refractivity contribution is 6.46. The Kier molecular flexibility index (Phi) is 7.01. The summed E-state index contributed by atoms with van der Waals surface area (Å²) in [5, 5.41) is 11.2. The SMILES string of the molecule is CCOc1ccc(C(O)=C2C(=O)C(=O)N(Cc3cccnc3)[C@H]2c2ccc(OC)c(OC)c2)cc1. The van der Waals surface area contributed by atoms with Crippen LogP contribution in [0, 0.1) is 0 Å². The van der Waals surface area contributed by atoms with E-state index in [9.17, 15) is 14.7 Å². The van der Waals surface area contributed by atoms with E-state index in [0.717, 1.165) is 5.56 Å². The Morgan fingerprint density at radius 3 is 2.40 bits per heavy atom. The molecule has 1 saturated heterocycles. The summed E-state index contributed by atoms with van der Waals surface area (Å²) in [6.07, 6.45) is 3.27. The molecule has 0 unspecified atom stereocenters. The first-order valence-electron chi connectivity index (χ1n) is 11.1. The van der Waals surface area contributed by atoms with Crippen LogP contribution in [0.25, 0.3) is 5.76 Å². The maximum absolute atomic E-state index is 13.2. The summed E-state index contributed by atoms with van der Waals surface area (Å²) in [7, 11) is 3.03. The van der Waals surface area contributed by atoms with Gasteiger partial charge in [-0.25, -0.2) is 0 Å². The fourth-order valence-corrected chi connectivity index (χ4v) is 4.13. The highest BCUT2D eigenvalue weighted by Gasteiger charge is 2.46. The number of rotatable bonds is 8. The molecule has 0 spiro atoms. The quantitative estimate of drug-likeness (QED) is 0.298. The van der Waals surface area contributed by atoms with Crippen molar-refractivity contribution in [2.45, 2.75) is 19.5 Å². The van der Waals surface area contributed by atoms with Gasteiger partial charge in [0.15, 0.2) is 11.5 Å². The number of ether oxygens (including phenoxy) is 3. The summed E-state index contributed by atoms with van der Waals surface area (Å²) in [5.41, 5.74) is 1.74. The molecule has 35 heavy (non-hydrogen) atoms. The zero-order valence-electron chi connectivity index (χ0n) is 19.7. The lowest BCUT2D eigenvalue weighted by atomic mass is 9.94. The van der Waals surface area contributed by atoms with Crippen molar-refractivity contribution in [2.75, 3.05) is 20.8 Å². The van der Waals surface area contributed by atoms with Gasteiger partial charge in [0.2, 0.25) is 0 Å². The topological polar surface area (TPSA) is 98.2 Å². The summed E-state index contributed by atoms with van der Waals surface area (Å²) >= 11 is 0. The van der Waals surface area contributed by atoms with E-state index in [4.69, 9.17) is 14.2 Å². The van der Waals surface area contributed by atoms with Gasteiger partial charge < -0.3 is 24.2 Å². The zero-order valence-corrected chi connectivity index (χ0v) is 19.7. The molecule has 1 N–H and O–H groups in total. The number of Topliss-reactive ketones (excluding diaryl/α,β-unsaturated/α-hetero) is 1. The van der Waals surface area contributed by atoms with Gasteiger partial charge in [0.1, 0.15) is 11.5 Å². The average Bonchev–Trinajstić information content (AvgIpc) is 3.14. The maximum atomic E-state index is 13.2. The number of aliphatic hydroxyl groups is 1. The molecule has 1 atom stereocenters. The van der Waals surface area contributed by atoms with Crippen molar-refractivity contribution in [3.05, 3.63) is 89.3 Å². The van der Waals surface area contributed by atoms with E-state index < -0.39 is 17.7 Å². The predicted molar refractivity (Wildman–Crippen MR) is 129 cm³/mol. The number of methoxy groups -OCH3 is 2. The van der Waals surface area contributed by atoms with Crippen LogP contribution in [0.3, 0.4) is 0 Å². The van der Waals surface area contributed by atoms with Gasteiger partial charge in [0, 0.05) is 24.5 Å². The molecule has 2 aromatic carbocycles. The van der Waals surface area contributed by atoms with Crippen LogP contribution in [0.5, 0.6) is 17.2 Å². The van der Waals surface area contributed by atoms with Gasteiger partial charge >= 0.3 is 0 Å². The Morgan fingerprint density at radius 1 is 1.03 bits per heavy atom. The molecule has 1 fully saturated rings. The van der Waals surface area contributed by atoms with Crippen molar-refractivity contribution in [1.29, 1.82) is 0 Å². The van der Waals surface area contributed by atoms with Crippen molar-refractivity contribution >= 4 is 17.4 Å². The summed E-state index contributed by atoms with van der Waals surface area (Å²) in [6, 6.07) is 14.6. The highest BCUT2D eigenvalue weighted by Crippen LogP contribution is 2.42. The largest absolute Gasteiger partial charge is 0.507 e. The first-order chi connectivity index (χ1) is 17.0. The van der Waals surface area contributed by atoms with Crippen LogP contribution in [-0.2, 0) is 16.1 Å². The third-order valence-electron chi connectivity index (χ3n) is 5.78. The van der Waals surface area contributed by atoms with Crippen LogP contribution in [0.4, 0.5) is 0 Å². The van der Waals surface area contributed by atoms with Gasteiger partial charge in [-0.1, -0.05) is 12.1 Å². The van der Waals surface area contributed by atoms with Crippen molar-refractivity contribution in [3.63, 3.8) is 0 Å². The van der Waals surface area contributed by atoms with E-state index in [1.165, 1.54) is 19.1 Å². The number of hydrogen-bond donors (Lipinski definition) is 1. The van der Waals surface area contributed by atoms with Crippen LogP contribution in [-0.4, -0.2) is 47.5 Å². The second kappa shape index (κ2) is 10.3. The molecule has 1 aliphatic heterocycles. The van der Waals surface area contributed by atoms with E-state index in [1.807, 2.05) is 13.0 Å². The number of aromatic nitrogens is 1. The number of ketones is 1. The average molecular weight is 475 g/mol. The molecule has 180 valence electrons. The first-order valence-corrected chi connectivity index (χ1v) is 11.1. The summed E-state index contributed by atoms with van der Waals surface area (Å²) < 4.78 is 16.3. The van der Waals surface area contributed by atoms with Crippen molar-refractivity contribution < 1.29 is 28.9 Å². The molecule has 8 nitrogen and oxygen atoms in total. The molecule has 0 radical (unpaired) electrons. The molecular formula is C27H26N2O6. The zero-order chi connectivity index (χ0) is 24.9. The second-order valence-corrected chi connectivity index (χ2v) is 7.86. The minimum absolute atomic E-state index is 0.00438. The molecule has 1 aromatic heterocycles. The number of amides is 1. The Hall–Kier alpha value is -4.33. The van der Waals surface area contributed by atoms with E-state index in [-0.39, 0.29) is 17.9 Å². The van der Waals surface area contributed by atoms with Gasteiger partial charge in [-0.2, -0.15) is 0 Å². The van der Waals surface area contributed by atoms with Gasteiger partial charge in [0.25, 0.3) is 11.7 Å². The predicted octanol–water partition coefficient (Wildman–Crippen LogP) is 4.12. The van der Waals surface area contributed by atoms with Crippen molar-refractivity contribution in [1.82, 2.24) is 9.88 Å². The van der Waals surface area contributed by atoms with Crippen LogP contribution in [0.15, 0.2) is 72.6 Å². The minimum Gasteiger partial charge on any atom is -0.507 e. The normalized spacial score (nSPS) is 16.9. The number of carbonyl (C=O) groups excluding carboxylic acids is 2. The van der Waals surface area contributed by atoms with E-state index in [1.54, 1.807) is 60.9 Å². The van der Waals surface area contributed by atoms with Crippen LogP contribution in [0.1, 0.15) is 29.7 Å². The van der Waals surface area contributed by atoms with Crippen LogP contribution >= 0.6 is 0 Å². The number of hydrogen-bond acceptors (Lipinski definition) is 7. The number of benzene rings is 2. The van der Waals surface area contributed by atoms with Gasteiger partial charge in [0.05, 0.1) is 32.4 Å². The molecular weight excluding hydrogens is 448 g/mol. The van der Waals surface area contributed by atoms with E-state index in [0.29, 0.717) is 35.0 Å². The van der Waals surface area contributed by atoms with Gasteiger partial charge in [-0.05, 0) is 60.5 Å². The lowest BCUT2D eigenvalue weighted by Gasteiger charge is -2.26. The fraction of sp³-hybridized carbons (Fsp3) is 0.222. The Bertz CT molecular complexity index is 1250. The third kappa shape index (κ3) is 4.68. The molecule has 2 heterocycles. The molecule has 3 aromatic rings. The highest BCUT2D eigenvalue weighted by atomic mass is 16.5.